The van der Waals surface area contributed by atoms with E-state index in [1.54, 1.807) is 31.4 Å². The highest BCUT2D eigenvalue weighted by atomic mass is 19.1. The number of carbonyl (C=O) groups is 1. The average molecular weight is 318 g/mol. The molecule has 0 aliphatic heterocycles. The Morgan fingerprint density at radius 3 is 2.48 bits per heavy atom. The Morgan fingerprint density at radius 1 is 1.09 bits per heavy atom. The summed E-state index contributed by atoms with van der Waals surface area (Å²) < 4.78 is 29.4. The summed E-state index contributed by atoms with van der Waals surface area (Å²) in [5.41, 5.74) is 0.706. The maximum atomic E-state index is 12.9. The maximum absolute atomic E-state index is 12.9. The first-order valence-electron chi connectivity index (χ1n) is 7.77. The molecule has 2 unspecified atom stereocenters. The number of furan rings is 1. The van der Waals surface area contributed by atoms with E-state index < -0.39 is 5.97 Å². The minimum absolute atomic E-state index is 0.0563. The predicted molar refractivity (Wildman–Crippen MR) is 82.6 cm³/mol. The number of halogens is 1. The molecule has 1 fully saturated rings. The topological polar surface area (TPSA) is 48.7 Å². The third kappa shape index (κ3) is 3.62. The van der Waals surface area contributed by atoms with Gasteiger partial charge in [0.2, 0.25) is 5.76 Å². The van der Waals surface area contributed by atoms with Crippen molar-refractivity contribution in [1.82, 2.24) is 0 Å². The van der Waals surface area contributed by atoms with E-state index >= 15 is 0 Å². The molecule has 122 valence electrons. The lowest BCUT2D eigenvalue weighted by atomic mass is 9.94. The number of esters is 1. The zero-order valence-electron chi connectivity index (χ0n) is 13.0. The molecule has 0 spiro atoms. The van der Waals surface area contributed by atoms with Gasteiger partial charge in [0.1, 0.15) is 17.7 Å². The summed E-state index contributed by atoms with van der Waals surface area (Å²) in [6.45, 7) is 0. The number of ether oxygens (including phenoxy) is 2. The second kappa shape index (κ2) is 6.96. The van der Waals surface area contributed by atoms with Crippen molar-refractivity contribution in [3.63, 3.8) is 0 Å². The van der Waals surface area contributed by atoms with Crippen LogP contribution in [0.4, 0.5) is 4.39 Å². The first-order valence-corrected chi connectivity index (χ1v) is 7.77. The Balaban J connectivity index is 1.69. The lowest BCUT2D eigenvalue weighted by Crippen LogP contribution is -2.35. The van der Waals surface area contributed by atoms with Gasteiger partial charge in [-0.3, -0.25) is 0 Å². The largest absolute Gasteiger partial charge is 0.454 e. The van der Waals surface area contributed by atoms with Crippen LogP contribution in [-0.2, 0) is 9.47 Å². The SMILES string of the molecule is COC1CCCCC1OC(=O)c1ccc(-c2ccc(F)cc2)o1. The van der Waals surface area contributed by atoms with Crippen LogP contribution in [0.2, 0.25) is 0 Å². The van der Waals surface area contributed by atoms with Gasteiger partial charge in [-0.1, -0.05) is 6.42 Å². The Morgan fingerprint density at radius 2 is 1.78 bits per heavy atom. The van der Waals surface area contributed by atoms with Crippen LogP contribution in [0.15, 0.2) is 40.8 Å². The maximum Gasteiger partial charge on any atom is 0.374 e. The molecule has 0 N–H and O–H groups in total. The second-order valence-electron chi connectivity index (χ2n) is 5.67. The van der Waals surface area contributed by atoms with Gasteiger partial charge in [0.05, 0.1) is 6.10 Å². The molecular formula is C18H19FO4. The summed E-state index contributed by atoms with van der Waals surface area (Å²) >= 11 is 0. The Kier molecular flexibility index (Phi) is 4.76. The fourth-order valence-electron chi connectivity index (χ4n) is 2.88. The van der Waals surface area contributed by atoms with Crippen LogP contribution in [0.1, 0.15) is 36.2 Å². The van der Waals surface area contributed by atoms with Crippen LogP contribution in [0.5, 0.6) is 0 Å². The van der Waals surface area contributed by atoms with E-state index in [0.717, 1.165) is 25.7 Å². The van der Waals surface area contributed by atoms with E-state index in [9.17, 15) is 9.18 Å². The van der Waals surface area contributed by atoms with Gasteiger partial charge in [-0.15, -0.1) is 0 Å². The molecule has 3 rings (SSSR count). The number of hydrogen-bond donors (Lipinski definition) is 0. The summed E-state index contributed by atoms with van der Waals surface area (Å²) in [7, 11) is 1.64. The summed E-state index contributed by atoms with van der Waals surface area (Å²) in [6.07, 6.45) is 3.52. The van der Waals surface area contributed by atoms with Crippen LogP contribution in [0, 0.1) is 5.82 Å². The molecule has 1 saturated carbocycles. The van der Waals surface area contributed by atoms with Crippen molar-refractivity contribution < 1.29 is 23.1 Å². The molecule has 5 heteroatoms. The normalized spacial score (nSPS) is 21.1. The quantitative estimate of drug-likeness (QED) is 0.793. The van der Waals surface area contributed by atoms with Gasteiger partial charge in [-0.25, -0.2) is 9.18 Å². The zero-order valence-corrected chi connectivity index (χ0v) is 13.0. The molecule has 1 aliphatic rings. The van der Waals surface area contributed by atoms with E-state index in [4.69, 9.17) is 13.9 Å². The Labute approximate surface area is 134 Å². The van der Waals surface area contributed by atoms with E-state index in [1.807, 2.05) is 0 Å². The van der Waals surface area contributed by atoms with Crippen LogP contribution < -0.4 is 0 Å². The standard InChI is InChI=1S/C18H19FO4/c1-21-15-4-2-3-5-16(15)23-18(20)17-11-10-14(22-17)12-6-8-13(19)9-7-12/h6-11,15-16H,2-5H2,1H3. The van der Waals surface area contributed by atoms with Crippen molar-refractivity contribution in [3.8, 4) is 11.3 Å². The monoisotopic (exact) mass is 318 g/mol. The zero-order chi connectivity index (χ0) is 16.2. The molecule has 23 heavy (non-hydrogen) atoms. The molecule has 0 bridgehead atoms. The third-order valence-corrected chi connectivity index (χ3v) is 4.14. The lowest BCUT2D eigenvalue weighted by Gasteiger charge is -2.29. The third-order valence-electron chi connectivity index (χ3n) is 4.14. The number of methoxy groups -OCH3 is 1. The van der Waals surface area contributed by atoms with Crippen molar-refractivity contribution in [1.29, 1.82) is 0 Å². The summed E-state index contributed by atoms with van der Waals surface area (Å²) in [5, 5.41) is 0. The fraction of sp³-hybridized carbons (Fsp3) is 0.389. The summed E-state index contributed by atoms with van der Waals surface area (Å²) in [6, 6.07) is 9.16. The molecule has 2 aromatic rings. The van der Waals surface area contributed by atoms with Crippen molar-refractivity contribution >= 4 is 5.97 Å². The number of carbonyl (C=O) groups excluding carboxylic acids is 1. The molecule has 0 saturated heterocycles. The summed E-state index contributed by atoms with van der Waals surface area (Å²) in [4.78, 5) is 12.2. The van der Waals surface area contributed by atoms with Gasteiger partial charge < -0.3 is 13.9 Å². The van der Waals surface area contributed by atoms with E-state index in [0.29, 0.717) is 11.3 Å². The van der Waals surface area contributed by atoms with Crippen LogP contribution >= 0.6 is 0 Å². The van der Waals surface area contributed by atoms with E-state index in [-0.39, 0.29) is 23.8 Å². The van der Waals surface area contributed by atoms with Gasteiger partial charge in [0.15, 0.2) is 0 Å². The molecule has 1 heterocycles. The Bertz CT molecular complexity index is 662. The number of rotatable bonds is 4. The molecule has 4 nitrogen and oxygen atoms in total. The minimum atomic E-state index is -0.493. The summed E-state index contributed by atoms with van der Waals surface area (Å²) in [5.74, 6) is -0.163. The predicted octanol–water partition coefficient (Wildman–Crippen LogP) is 4.20. The highest BCUT2D eigenvalue weighted by Crippen LogP contribution is 2.26. The first-order chi connectivity index (χ1) is 11.2. The minimum Gasteiger partial charge on any atom is -0.454 e. The van der Waals surface area contributed by atoms with Crippen molar-refractivity contribution in [2.24, 2.45) is 0 Å². The highest BCUT2D eigenvalue weighted by molar-refractivity contribution is 5.87. The van der Waals surface area contributed by atoms with E-state index in [2.05, 4.69) is 0 Å². The lowest BCUT2D eigenvalue weighted by molar-refractivity contribution is -0.0553. The molecular weight excluding hydrogens is 299 g/mol. The van der Waals surface area contributed by atoms with Crippen LogP contribution in [-0.4, -0.2) is 25.3 Å². The number of benzene rings is 1. The first kappa shape index (κ1) is 15.7. The smallest absolute Gasteiger partial charge is 0.374 e. The van der Waals surface area contributed by atoms with Crippen LogP contribution in [0.25, 0.3) is 11.3 Å². The molecule has 0 radical (unpaired) electrons. The molecule has 1 aromatic heterocycles. The second-order valence-corrected chi connectivity index (χ2v) is 5.67. The van der Waals surface area contributed by atoms with Crippen molar-refractivity contribution in [2.75, 3.05) is 7.11 Å². The van der Waals surface area contributed by atoms with Crippen LogP contribution in [0.3, 0.4) is 0 Å². The molecule has 1 aliphatic carbocycles. The number of hydrogen-bond acceptors (Lipinski definition) is 4. The molecule has 1 aromatic carbocycles. The van der Waals surface area contributed by atoms with Crippen molar-refractivity contribution in [2.45, 2.75) is 37.9 Å². The fourth-order valence-corrected chi connectivity index (χ4v) is 2.88. The van der Waals surface area contributed by atoms with Gasteiger partial charge in [-0.05, 0) is 55.7 Å². The Hall–Kier alpha value is -2.14. The molecule has 0 amide bonds. The molecule has 2 atom stereocenters. The van der Waals surface area contributed by atoms with Gasteiger partial charge >= 0.3 is 5.97 Å². The van der Waals surface area contributed by atoms with Gasteiger partial charge in [0.25, 0.3) is 0 Å². The average Bonchev–Trinajstić information content (AvgIpc) is 3.06. The van der Waals surface area contributed by atoms with Gasteiger partial charge in [-0.2, -0.15) is 0 Å². The van der Waals surface area contributed by atoms with Gasteiger partial charge in [0, 0.05) is 12.7 Å². The van der Waals surface area contributed by atoms with E-state index in [1.165, 1.54) is 12.1 Å². The highest BCUT2D eigenvalue weighted by Gasteiger charge is 2.29. The van der Waals surface area contributed by atoms with Crippen molar-refractivity contribution in [3.05, 3.63) is 48.0 Å².